The van der Waals surface area contributed by atoms with Crippen LogP contribution in [0.2, 0.25) is 0 Å². The number of H-pyrrole nitrogens is 1. The third-order valence-corrected chi connectivity index (χ3v) is 0.834. The number of rotatable bonds is 0. The third-order valence-electron chi connectivity index (χ3n) is 0.834. The van der Waals surface area contributed by atoms with Crippen molar-refractivity contribution in [2.75, 3.05) is 0 Å². The summed E-state index contributed by atoms with van der Waals surface area (Å²) >= 11 is -5.25. The zero-order chi connectivity index (χ0) is 9.78. The van der Waals surface area contributed by atoms with Crippen LogP contribution in [0, 0.1) is 13.8 Å². The summed E-state index contributed by atoms with van der Waals surface area (Å²) in [7, 11) is 0. The average molecular weight is 214 g/mol. The number of hydrogen-bond donors (Lipinski definition) is 3. The molecule has 0 saturated carbocycles. The van der Waals surface area contributed by atoms with Crippen LogP contribution >= 0.6 is 0 Å². The molecule has 0 amide bonds. The molecule has 0 fully saturated rings. The summed E-state index contributed by atoms with van der Waals surface area (Å²) in [4.78, 5) is 0. The standard InChI is InChI=1S/C5H8N2.Cr.2H2O.2O/c1-4-3-5(2)7-6-4;;;;;/h3H,1-2H3,(H,6,7);;2*1H2;;/q;+2;;;;/p-2. The van der Waals surface area contributed by atoms with Gasteiger partial charge in [0.2, 0.25) is 0 Å². The van der Waals surface area contributed by atoms with Crippen LogP contribution in [-0.4, -0.2) is 18.5 Å². The molecule has 1 heterocycles. The molecule has 70 valence electrons. The molecule has 0 saturated heterocycles. The van der Waals surface area contributed by atoms with E-state index in [1.54, 1.807) is 0 Å². The van der Waals surface area contributed by atoms with Crippen LogP contribution in [0.4, 0.5) is 0 Å². The van der Waals surface area contributed by atoms with E-state index in [0.717, 1.165) is 11.4 Å². The molecule has 0 aliphatic carbocycles. The van der Waals surface area contributed by atoms with Crippen LogP contribution < -0.4 is 0 Å². The van der Waals surface area contributed by atoms with E-state index in [1.165, 1.54) is 0 Å². The minimum atomic E-state index is -5.25. The molecule has 0 aromatic carbocycles. The first-order valence-electron chi connectivity index (χ1n) is 2.97. The minimum absolute atomic E-state index is 1.05. The first-order valence-corrected chi connectivity index (χ1v) is 5.15. The van der Waals surface area contributed by atoms with Crippen molar-refractivity contribution in [3.63, 3.8) is 0 Å². The molecule has 1 aromatic rings. The van der Waals surface area contributed by atoms with Gasteiger partial charge in [0.1, 0.15) is 0 Å². The molecule has 3 N–H and O–H groups in total. The molecule has 7 heteroatoms. The Bertz CT molecular complexity index is 304. The number of nitrogens with one attached hydrogen (secondary N) is 1. The Morgan fingerprint density at radius 3 is 1.92 bits per heavy atom. The molecule has 0 atom stereocenters. The summed E-state index contributed by atoms with van der Waals surface area (Å²) in [5, 5.41) is 6.71. The average Bonchev–Trinajstić information content (AvgIpc) is 2.09. The third kappa shape index (κ3) is 9.26. The van der Waals surface area contributed by atoms with E-state index >= 15 is 0 Å². The monoisotopic (exact) mass is 214 g/mol. The number of aromatic nitrogens is 2. The van der Waals surface area contributed by atoms with E-state index in [9.17, 15) is 0 Å². The van der Waals surface area contributed by atoms with Gasteiger partial charge in [0.25, 0.3) is 0 Å². The van der Waals surface area contributed by atoms with Crippen LogP contribution in [0.5, 0.6) is 0 Å². The van der Waals surface area contributed by atoms with Crippen molar-refractivity contribution in [3.05, 3.63) is 17.5 Å². The van der Waals surface area contributed by atoms with E-state index in [1.807, 2.05) is 19.9 Å². The quantitative estimate of drug-likeness (QED) is 0.548. The molecule has 0 unspecified atom stereocenters. The first kappa shape index (κ1) is 11.3. The fraction of sp³-hybridized carbons (Fsp3) is 0.400. The summed E-state index contributed by atoms with van der Waals surface area (Å²) in [5.74, 6) is 0. The van der Waals surface area contributed by atoms with Crippen molar-refractivity contribution < 1.29 is 29.5 Å². The Labute approximate surface area is 71.6 Å². The SMILES string of the molecule is Cc1cc(C)[nH]n1.[O]=[Cr](=[O])([OH])[OH]. The van der Waals surface area contributed by atoms with Crippen LogP contribution in [0.15, 0.2) is 6.07 Å². The molecule has 0 aliphatic rings. The molecule has 1 aromatic heterocycles. The van der Waals surface area contributed by atoms with E-state index in [-0.39, 0.29) is 0 Å². The summed E-state index contributed by atoms with van der Waals surface area (Å²) in [6, 6.07) is 2.00. The molecular weight excluding hydrogens is 204 g/mol. The van der Waals surface area contributed by atoms with E-state index < -0.39 is 13.6 Å². The second-order valence-electron chi connectivity index (χ2n) is 2.14. The van der Waals surface area contributed by atoms with Crippen molar-refractivity contribution in [1.82, 2.24) is 10.2 Å². The van der Waals surface area contributed by atoms with E-state index in [2.05, 4.69) is 10.2 Å². The Morgan fingerprint density at radius 2 is 1.83 bits per heavy atom. The second-order valence-corrected chi connectivity index (χ2v) is 3.54. The van der Waals surface area contributed by atoms with Gasteiger partial charge in [0.05, 0.1) is 5.69 Å². The number of nitrogens with zero attached hydrogens (tertiary/aromatic N) is 1. The van der Waals surface area contributed by atoms with Gasteiger partial charge >= 0.3 is 29.5 Å². The zero-order valence-corrected chi connectivity index (χ0v) is 7.92. The van der Waals surface area contributed by atoms with Crippen molar-refractivity contribution in [1.29, 1.82) is 0 Å². The Hall–Kier alpha value is -0.738. The Morgan fingerprint density at radius 1 is 1.42 bits per heavy atom. The molecule has 0 bridgehead atoms. The van der Waals surface area contributed by atoms with Crippen molar-refractivity contribution in [3.8, 4) is 0 Å². The summed E-state index contributed by atoms with van der Waals surface area (Å²) < 4.78 is 31.9. The van der Waals surface area contributed by atoms with Crippen LogP contribution in [0.3, 0.4) is 0 Å². The van der Waals surface area contributed by atoms with Crippen molar-refractivity contribution in [2.45, 2.75) is 13.8 Å². The van der Waals surface area contributed by atoms with Gasteiger partial charge in [0, 0.05) is 5.69 Å². The van der Waals surface area contributed by atoms with Gasteiger partial charge in [-0.3, -0.25) is 5.10 Å². The van der Waals surface area contributed by atoms with Crippen LogP contribution in [0.1, 0.15) is 11.4 Å². The molecule has 0 aliphatic heterocycles. The van der Waals surface area contributed by atoms with Gasteiger partial charge in [-0.05, 0) is 19.9 Å². The van der Waals surface area contributed by atoms with Crippen LogP contribution in [-0.2, 0) is 21.2 Å². The van der Waals surface area contributed by atoms with Gasteiger partial charge in [0.15, 0.2) is 0 Å². The predicted octanol–water partition coefficient (Wildman–Crippen LogP) is -0.328. The van der Waals surface area contributed by atoms with E-state index in [0.29, 0.717) is 0 Å². The molecule has 1 rings (SSSR count). The van der Waals surface area contributed by atoms with Crippen molar-refractivity contribution >= 4 is 0 Å². The van der Waals surface area contributed by atoms with Crippen LogP contribution in [0.25, 0.3) is 0 Å². The van der Waals surface area contributed by atoms with E-state index in [4.69, 9.17) is 15.9 Å². The zero-order valence-electron chi connectivity index (χ0n) is 6.64. The fourth-order valence-electron chi connectivity index (χ4n) is 0.554. The number of aryl methyl sites for hydroxylation is 2. The van der Waals surface area contributed by atoms with Gasteiger partial charge in [-0.25, -0.2) is 0 Å². The van der Waals surface area contributed by atoms with Gasteiger partial charge in [-0.2, -0.15) is 5.10 Å². The molecule has 0 radical (unpaired) electrons. The number of hydrogen-bond acceptors (Lipinski definition) is 3. The fourth-order valence-corrected chi connectivity index (χ4v) is 0.554. The summed E-state index contributed by atoms with van der Waals surface area (Å²) in [6.07, 6.45) is 0. The molecule has 6 nitrogen and oxygen atoms in total. The topological polar surface area (TPSA) is 103 Å². The normalized spacial score (nSPS) is 10.3. The summed E-state index contributed by atoms with van der Waals surface area (Å²) in [6.45, 7) is 3.95. The Kier molecular flexibility index (Phi) is 4.06. The predicted molar refractivity (Wildman–Crippen MR) is 33.9 cm³/mol. The number of aromatic amines is 1. The first-order chi connectivity index (χ1) is 5.29. The molecule has 12 heavy (non-hydrogen) atoms. The van der Waals surface area contributed by atoms with Gasteiger partial charge in [-0.15, -0.1) is 0 Å². The Balaban J connectivity index is 0.000000217. The van der Waals surface area contributed by atoms with Crippen molar-refractivity contribution in [2.24, 2.45) is 0 Å². The summed E-state index contributed by atoms with van der Waals surface area (Å²) in [5.41, 5.74) is 2.18. The maximum atomic E-state index is 8.82. The van der Waals surface area contributed by atoms with Gasteiger partial charge in [-0.1, -0.05) is 0 Å². The maximum absolute atomic E-state index is 8.82. The van der Waals surface area contributed by atoms with Gasteiger partial charge < -0.3 is 0 Å². The second kappa shape index (κ2) is 4.33. The molecular formula is C5H10CrN2O4. The molecule has 0 spiro atoms.